The predicted octanol–water partition coefficient (Wildman–Crippen LogP) is 2.40. The van der Waals surface area contributed by atoms with Crippen molar-refractivity contribution in [1.82, 2.24) is 4.98 Å². The van der Waals surface area contributed by atoms with Crippen molar-refractivity contribution >= 4 is 27.5 Å². The third kappa shape index (κ3) is 3.03. The molecule has 0 amide bonds. The summed E-state index contributed by atoms with van der Waals surface area (Å²) in [5, 5.41) is 0. The highest BCUT2D eigenvalue weighted by Gasteiger charge is 2.10. The van der Waals surface area contributed by atoms with Crippen LogP contribution < -0.4 is 0 Å². The number of Topliss-reactive ketones (excluding diaryl/α,β-unsaturated/α-hetero) is 2. The Bertz CT molecular complexity index is 346. The number of aromatic nitrogens is 1. The molecule has 0 saturated carbocycles. The summed E-state index contributed by atoms with van der Waals surface area (Å²) in [6.07, 6.45) is 1.89. The Labute approximate surface area is 90.7 Å². The van der Waals surface area contributed by atoms with Gasteiger partial charge in [-0.3, -0.25) is 14.6 Å². The molecule has 14 heavy (non-hydrogen) atoms. The van der Waals surface area contributed by atoms with Crippen LogP contribution in [0.5, 0.6) is 0 Å². The zero-order valence-electron chi connectivity index (χ0n) is 7.79. The highest BCUT2D eigenvalue weighted by atomic mass is 79.9. The summed E-state index contributed by atoms with van der Waals surface area (Å²) in [5.74, 6) is -0.274. The second-order valence-electron chi connectivity index (χ2n) is 2.85. The maximum Gasteiger partial charge on any atom is 0.188 e. The van der Waals surface area contributed by atoms with Gasteiger partial charge in [0.25, 0.3) is 0 Å². The van der Waals surface area contributed by atoms with E-state index in [1.807, 2.05) is 0 Å². The van der Waals surface area contributed by atoms with Crippen molar-refractivity contribution in [2.24, 2.45) is 0 Å². The van der Waals surface area contributed by atoms with E-state index >= 15 is 0 Å². The van der Waals surface area contributed by atoms with Gasteiger partial charge in [0.05, 0.1) is 6.42 Å². The number of rotatable bonds is 4. The Morgan fingerprint density at radius 2 is 2.14 bits per heavy atom. The molecule has 0 radical (unpaired) electrons. The van der Waals surface area contributed by atoms with E-state index in [9.17, 15) is 9.59 Å². The first kappa shape index (κ1) is 11.0. The van der Waals surface area contributed by atoms with E-state index in [0.29, 0.717) is 12.1 Å². The lowest BCUT2D eigenvalue weighted by Gasteiger charge is -1.98. The topological polar surface area (TPSA) is 47.0 Å². The van der Waals surface area contributed by atoms with E-state index in [4.69, 9.17) is 0 Å². The zero-order chi connectivity index (χ0) is 10.6. The minimum Gasteiger partial charge on any atom is -0.299 e. The van der Waals surface area contributed by atoms with Crippen molar-refractivity contribution in [2.75, 3.05) is 0 Å². The van der Waals surface area contributed by atoms with Gasteiger partial charge in [0.1, 0.15) is 11.5 Å². The number of halogens is 1. The summed E-state index contributed by atoms with van der Waals surface area (Å²) < 4.78 is 0.816. The molecule has 74 valence electrons. The third-order valence-corrected chi connectivity index (χ3v) is 2.23. The van der Waals surface area contributed by atoms with Crippen molar-refractivity contribution in [1.29, 1.82) is 0 Å². The van der Waals surface area contributed by atoms with Crippen LogP contribution >= 0.6 is 15.9 Å². The van der Waals surface area contributed by atoms with Gasteiger partial charge >= 0.3 is 0 Å². The van der Waals surface area contributed by atoms with Crippen molar-refractivity contribution in [3.63, 3.8) is 0 Å². The van der Waals surface area contributed by atoms with Crippen LogP contribution in [0.3, 0.4) is 0 Å². The summed E-state index contributed by atoms with van der Waals surface area (Å²) in [6, 6.07) is 3.34. The van der Waals surface area contributed by atoms with Gasteiger partial charge in [0, 0.05) is 17.1 Å². The van der Waals surface area contributed by atoms with Gasteiger partial charge in [0.2, 0.25) is 0 Å². The lowest BCUT2D eigenvalue weighted by Crippen LogP contribution is -2.08. The Hall–Kier alpha value is -1.03. The van der Waals surface area contributed by atoms with Gasteiger partial charge in [-0.15, -0.1) is 0 Å². The molecule has 0 fully saturated rings. The van der Waals surface area contributed by atoms with Gasteiger partial charge in [-0.25, -0.2) is 0 Å². The van der Waals surface area contributed by atoms with E-state index in [-0.39, 0.29) is 18.0 Å². The summed E-state index contributed by atoms with van der Waals surface area (Å²) in [4.78, 5) is 26.3. The van der Waals surface area contributed by atoms with Gasteiger partial charge in [-0.1, -0.05) is 6.92 Å². The summed E-state index contributed by atoms with van der Waals surface area (Å²) in [6.45, 7) is 1.74. The number of ketones is 2. The monoisotopic (exact) mass is 255 g/mol. The average molecular weight is 256 g/mol. The first-order valence-electron chi connectivity index (χ1n) is 4.30. The Morgan fingerprint density at radius 3 is 2.64 bits per heavy atom. The molecule has 3 nitrogen and oxygen atoms in total. The second-order valence-corrected chi connectivity index (χ2v) is 3.77. The van der Waals surface area contributed by atoms with Gasteiger partial charge < -0.3 is 0 Å². The lowest BCUT2D eigenvalue weighted by atomic mass is 10.1. The van der Waals surface area contributed by atoms with E-state index in [1.165, 1.54) is 0 Å². The Morgan fingerprint density at radius 1 is 1.43 bits per heavy atom. The van der Waals surface area contributed by atoms with Crippen LogP contribution in [0.2, 0.25) is 0 Å². The van der Waals surface area contributed by atoms with Crippen LogP contribution in [-0.4, -0.2) is 16.6 Å². The Kier molecular flexibility index (Phi) is 3.95. The normalized spacial score (nSPS) is 9.86. The average Bonchev–Trinajstić information content (AvgIpc) is 2.18. The third-order valence-electron chi connectivity index (χ3n) is 1.77. The summed E-state index contributed by atoms with van der Waals surface area (Å²) in [7, 11) is 0. The summed E-state index contributed by atoms with van der Waals surface area (Å²) >= 11 is 3.22. The van der Waals surface area contributed by atoms with E-state index in [2.05, 4.69) is 20.9 Å². The first-order valence-corrected chi connectivity index (χ1v) is 5.09. The summed E-state index contributed by atoms with van der Waals surface area (Å²) in [5.41, 5.74) is 0.343. The molecular weight excluding hydrogens is 246 g/mol. The molecule has 0 aromatic carbocycles. The van der Waals surface area contributed by atoms with Gasteiger partial charge in [-0.2, -0.15) is 0 Å². The maximum atomic E-state index is 11.4. The molecule has 1 aromatic heterocycles. The molecule has 0 saturated heterocycles. The van der Waals surface area contributed by atoms with Crippen LogP contribution in [0.1, 0.15) is 30.3 Å². The molecule has 1 rings (SSSR count). The predicted molar refractivity (Wildman–Crippen MR) is 56.2 cm³/mol. The van der Waals surface area contributed by atoms with Crippen LogP contribution in [0.15, 0.2) is 22.8 Å². The van der Waals surface area contributed by atoms with Crippen molar-refractivity contribution in [3.8, 4) is 0 Å². The van der Waals surface area contributed by atoms with Crippen molar-refractivity contribution < 1.29 is 9.59 Å². The van der Waals surface area contributed by atoms with E-state index in [0.717, 1.165) is 4.47 Å². The highest BCUT2D eigenvalue weighted by molar-refractivity contribution is 9.10. The SMILES string of the molecule is CCC(=O)CC(=O)c1ccc(Br)cn1. The fourth-order valence-corrected chi connectivity index (χ4v) is 1.17. The smallest absolute Gasteiger partial charge is 0.188 e. The minimum atomic E-state index is -0.218. The number of hydrogen-bond donors (Lipinski definition) is 0. The zero-order valence-corrected chi connectivity index (χ0v) is 9.37. The Balaban J connectivity index is 2.70. The van der Waals surface area contributed by atoms with Gasteiger partial charge in [-0.05, 0) is 28.1 Å². The molecule has 0 bridgehead atoms. The van der Waals surface area contributed by atoms with Gasteiger partial charge in [0.15, 0.2) is 5.78 Å². The maximum absolute atomic E-state index is 11.4. The van der Waals surface area contributed by atoms with E-state index < -0.39 is 0 Å². The molecule has 0 spiro atoms. The minimum absolute atomic E-state index is 0.0505. The fraction of sp³-hybridized carbons (Fsp3) is 0.300. The molecule has 0 aliphatic rings. The number of hydrogen-bond acceptors (Lipinski definition) is 3. The number of pyridine rings is 1. The highest BCUT2D eigenvalue weighted by Crippen LogP contribution is 2.09. The molecular formula is C10H10BrNO2. The largest absolute Gasteiger partial charge is 0.299 e. The molecule has 0 atom stereocenters. The molecule has 0 N–H and O–H groups in total. The number of carbonyl (C=O) groups is 2. The van der Waals surface area contributed by atoms with Crippen LogP contribution in [-0.2, 0) is 4.79 Å². The molecule has 0 aliphatic carbocycles. The quantitative estimate of drug-likeness (QED) is 0.613. The first-order chi connectivity index (χ1) is 6.63. The standard InChI is InChI=1S/C10H10BrNO2/c1-2-8(13)5-10(14)9-4-3-7(11)6-12-9/h3-4,6H,2,5H2,1H3. The van der Waals surface area contributed by atoms with Crippen LogP contribution in [0, 0.1) is 0 Å². The van der Waals surface area contributed by atoms with Crippen molar-refractivity contribution in [3.05, 3.63) is 28.5 Å². The number of carbonyl (C=O) groups excluding carboxylic acids is 2. The molecule has 0 aliphatic heterocycles. The number of nitrogens with zero attached hydrogens (tertiary/aromatic N) is 1. The van der Waals surface area contributed by atoms with Crippen LogP contribution in [0.25, 0.3) is 0 Å². The molecule has 1 heterocycles. The van der Waals surface area contributed by atoms with Crippen molar-refractivity contribution in [2.45, 2.75) is 19.8 Å². The molecule has 1 aromatic rings. The fourth-order valence-electron chi connectivity index (χ4n) is 0.935. The van der Waals surface area contributed by atoms with E-state index in [1.54, 1.807) is 25.3 Å². The van der Waals surface area contributed by atoms with Crippen LogP contribution in [0.4, 0.5) is 0 Å². The molecule has 4 heteroatoms. The second kappa shape index (κ2) is 5.00. The molecule has 0 unspecified atom stereocenters. The lowest BCUT2D eigenvalue weighted by molar-refractivity contribution is -0.117.